The molecule has 0 aliphatic rings. The predicted molar refractivity (Wildman–Crippen MR) is 137 cm³/mol. The highest BCUT2D eigenvalue weighted by Gasteiger charge is 2.18. The zero-order chi connectivity index (χ0) is 24.8. The van der Waals surface area contributed by atoms with E-state index in [-0.39, 0.29) is 17.5 Å². The molecular formula is C27H27N5O3. The highest BCUT2D eigenvalue weighted by molar-refractivity contribution is 6.05. The molecule has 1 heterocycles. The van der Waals surface area contributed by atoms with Crippen LogP contribution in [0.15, 0.2) is 79.1 Å². The summed E-state index contributed by atoms with van der Waals surface area (Å²) in [6.07, 6.45) is 2.13. The predicted octanol–water partition coefficient (Wildman–Crippen LogP) is 4.69. The molecule has 0 radical (unpaired) electrons. The number of carboxylic acid groups (broad SMARTS) is 1. The van der Waals surface area contributed by atoms with Crippen LogP contribution in [-0.4, -0.2) is 52.5 Å². The number of carboxylic acids is 1. The van der Waals surface area contributed by atoms with Crippen LogP contribution in [0.4, 0.5) is 11.5 Å². The normalized spacial score (nSPS) is 11.9. The van der Waals surface area contributed by atoms with Crippen LogP contribution in [-0.2, 0) is 0 Å². The third-order valence-electron chi connectivity index (χ3n) is 5.65. The fourth-order valence-corrected chi connectivity index (χ4v) is 3.88. The summed E-state index contributed by atoms with van der Waals surface area (Å²) >= 11 is 0. The zero-order valence-electron chi connectivity index (χ0n) is 19.6. The highest BCUT2D eigenvalue weighted by atomic mass is 16.4. The van der Waals surface area contributed by atoms with E-state index in [0.29, 0.717) is 28.0 Å². The number of anilines is 2. The molecule has 8 nitrogen and oxygen atoms in total. The van der Waals surface area contributed by atoms with Crippen LogP contribution in [0.1, 0.15) is 38.7 Å². The Morgan fingerprint density at radius 3 is 2.49 bits per heavy atom. The number of hydrogen-bond donors (Lipinski definition) is 3. The summed E-state index contributed by atoms with van der Waals surface area (Å²) < 4.78 is 0. The summed E-state index contributed by atoms with van der Waals surface area (Å²) in [6, 6.07) is 21.7. The SMILES string of the molecule is CN(C)CCC(Nc1ncnc2c(C(=O)O)cccc12)c1cccc(NC(=O)c2ccccc2)c1. The minimum atomic E-state index is -1.04. The van der Waals surface area contributed by atoms with Gasteiger partial charge in [-0.3, -0.25) is 4.79 Å². The van der Waals surface area contributed by atoms with Gasteiger partial charge in [-0.05, 0) is 69.0 Å². The number of amides is 1. The van der Waals surface area contributed by atoms with Crippen LogP contribution in [0.2, 0.25) is 0 Å². The molecule has 0 saturated heterocycles. The topological polar surface area (TPSA) is 107 Å². The lowest BCUT2D eigenvalue weighted by Crippen LogP contribution is -2.21. The Labute approximate surface area is 203 Å². The Kier molecular flexibility index (Phi) is 7.32. The Balaban J connectivity index is 1.64. The number of hydrogen-bond acceptors (Lipinski definition) is 6. The maximum atomic E-state index is 12.6. The lowest BCUT2D eigenvalue weighted by atomic mass is 10.0. The molecule has 0 aliphatic heterocycles. The number of benzene rings is 3. The lowest BCUT2D eigenvalue weighted by molar-refractivity contribution is 0.0698. The van der Waals surface area contributed by atoms with Crippen molar-refractivity contribution >= 4 is 34.3 Å². The summed E-state index contributed by atoms with van der Waals surface area (Å²) in [4.78, 5) is 35.0. The Bertz CT molecular complexity index is 1340. The second-order valence-electron chi connectivity index (χ2n) is 8.46. The van der Waals surface area contributed by atoms with Crippen molar-refractivity contribution in [2.45, 2.75) is 12.5 Å². The summed E-state index contributed by atoms with van der Waals surface area (Å²) in [6.45, 7) is 0.807. The molecule has 1 aromatic heterocycles. The molecule has 4 rings (SSSR count). The second kappa shape index (κ2) is 10.8. The molecule has 0 fully saturated rings. The van der Waals surface area contributed by atoms with Gasteiger partial charge in [0.25, 0.3) is 5.91 Å². The first-order chi connectivity index (χ1) is 16.9. The van der Waals surface area contributed by atoms with Crippen molar-refractivity contribution in [2.24, 2.45) is 0 Å². The number of aromatic nitrogens is 2. The monoisotopic (exact) mass is 469 g/mol. The third kappa shape index (κ3) is 5.80. The van der Waals surface area contributed by atoms with Gasteiger partial charge >= 0.3 is 5.97 Å². The molecule has 1 unspecified atom stereocenters. The van der Waals surface area contributed by atoms with Crippen molar-refractivity contribution < 1.29 is 14.7 Å². The maximum Gasteiger partial charge on any atom is 0.337 e. The maximum absolute atomic E-state index is 12.6. The van der Waals surface area contributed by atoms with E-state index >= 15 is 0 Å². The van der Waals surface area contributed by atoms with Crippen LogP contribution in [0, 0.1) is 0 Å². The molecule has 8 heteroatoms. The highest BCUT2D eigenvalue weighted by Crippen LogP contribution is 2.29. The molecule has 35 heavy (non-hydrogen) atoms. The fraction of sp³-hybridized carbons (Fsp3) is 0.185. The van der Waals surface area contributed by atoms with Gasteiger partial charge in [-0.1, -0.05) is 36.4 Å². The number of para-hydroxylation sites is 1. The molecule has 0 saturated carbocycles. The van der Waals surface area contributed by atoms with Gasteiger partial charge in [-0.2, -0.15) is 0 Å². The average molecular weight is 470 g/mol. The largest absolute Gasteiger partial charge is 0.478 e. The molecule has 3 aromatic carbocycles. The van der Waals surface area contributed by atoms with Gasteiger partial charge in [-0.15, -0.1) is 0 Å². The fourth-order valence-electron chi connectivity index (χ4n) is 3.88. The van der Waals surface area contributed by atoms with Crippen molar-refractivity contribution in [1.29, 1.82) is 0 Å². The van der Waals surface area contributed by atoms with E-state index in [1.54, 1.807) is 18.2 Å². The minimum absolute atomic E-state index is 0.128. The van der Waals surface area contributed by atoms with Crippen molar-refractivity contribution in [2.75, 3.05) is 31.3 Å². The van der Waals surface area contributed by atoms with Gasteiger partial charge in [0, 0.05) is 16.6 Å². The standard InChI is InChI=1S/C27H27N5O3/c1-32(2)15-14-23(31-25-21-12-7-13-22(27(34)35)24(21)28-17-29-25)19-10-6-11-20(16-19)30-26(33)18-8-4-3-5-9-18/h3-13,16-17,23H,14-15H2,1-2H3,(H,30,33)(H,34,35)(H,28,29,31). The van der Waals surface area contributed by atoms with Crippen molar-refractivity contribution in [3.05, 3.63) is 95.8 Å². The second-order valence-corrected chi connectivity index (χ2v) is 8.46. The first-order valence-electron chi connectivity index (χ1n) is 11.3. The molecule has 178 valence electrons. The first-order valence-corrected chi connectivity index (χ1v) is 11.3. The Morgan fingerprint density at radius 1 is 0.971 bits per heavy atom. The van der Waals surface area contributed by atoms with Gasteiger partial charge < -0.3 is 20.6 Å². The van der Waals surface area contributed by atoms with Gasteiger partial charge in [-0.25, -0.2) is 14.8 Å². The van der Waals surface area contributed by atoms with E-state index in [9.17, 15) is 14.7 Å². The van der Waals surface area contributed by atoms with E-state index in [1.807, 2.05) is 62.6 Å². The van der Waals surface area contributed by atoms with Gasteiger partial charge in [0.05, 0.1) is 17.1 Å². The van der Waals surface area contributed by atoms with E-state index in [4.69, 9.17) is 0 Å². The van der Waals surface area contributed by atoms with Crippen LogP contribution in [0.3, 0.4) is 0 Å². The first kappa shape index (κ1) is 23.8. The molecule has 0 spiro atoms. The number of carbonyl (C=O) groups excluding carboxylic acids is 1. The lowest BCUT2D eigenvalue weighted by Gasteiger charge is -2.23. The summed E-state index contributed by atoms with van der Waals surface area (Å²) in [7, 11) is 4.01. The van der Waals surface area contributed by atoms with Crippen molar-refractivity contribution in [1.82, 2.24) is 14.9 Å². The number of fused-ring (bicyclic) bond motifs is 1. The number of nitrogens with zero attached hydrogens (tertiary/aromatic N) is 3. The van der Waals surface area contributed by atoms with Crippen LogP contribution >= 0.6 is 0 Å². The summed E-state index contributed by atoms with van der Waals surface area (Å²) in [5.41, 5.74) is 2.76. The number of rotatable bonds is 9. The van der Waals surface area contributed by atoms with E-state index in [2.05, 4.69) is 25.5 Å². The summed E-state index contributed by atoms with van der Waals surface area (Å²) in [5, 5.41) is 16.6. The molecule has 4 aromatic rings. The van der Waals surface area contributed by atoms with Gasteiger partial charge in [0.15, 0.2) is 0 Å². The molecular weight excluding hydrogens is 442 g/mol. The Hall–Kier alpha value is -4.30. The van der Waals surface area contributed by atoms with Crippen LogP contribution in [0.25, 0.3) is 10.9 Å². The van der Waals surface area contributed by atoms with E-state index in [1.165, 1.54) is 12.4 Å². The van der Waals surface area contributed by atoms with E-state index in [0.717, 1.165) is 18.5 Å². The number of aromatic carboxylic acids is 1. The van der Waals surface area contributed by atoms with Crippen molar-refractivity contribution in [3.63, 3.8) is 0 Å². The molecule has 3 N–H and O–H groups in total. The smallest absolute Gasteiger partial charge is 0.337 e. The van der Waals surface area contributed by atoms with Crippen LogP contribution < -0.4 is 10.6 Å². The average Bonchev–Trinajstić information content (AvgIpc) is 2.86. The minimum Gasteiger partial charge on any atom is -0.478 e. The zero-order valence-corrected chi connectivity index (χ0v) is 19.6. The molecule has 0 bridgehead atoms. The molecule has 0 aliphatic carbocycles. The Morgan fingerprint density at radius 2 is 1.74 bits per heavy atom. The number of nitrogens with one attached hydrogen (secondary N) is 2. The van der Waals surface area contributed by atoms with Crippen LogP contribution in [0.5, 0.6) is 0 Å². The number of carbonyl (C=O) groups is 2. The van der Waals surface area contributed by atoms with E-state index < -0.39 is 5.97 Å². The molecule has 1 atom stereocenters. The quantitative estimate of drug-likeness (QED) is 0.327. The third-order valence-corrected chi connectivity index (χ3v) is 5.65. The van der Waals surface area contributed by atoms with Gasteiger partial charge in [0.2, 0.25) is 0 Å². The molecule has 1 amide bonds. The van der Waals surface area contributed by atoms with Crippen molar-refractivity contribution in [3.8, 4) is 0 Å². The summed E-state index contributed by atoms with van der Waals surface area (Å²) in [5.74, 6) is -0.657. The van der Waals surface area contributed by atoms with Gasteiger partial charge in [0.1, 0.15) is 12.1 Å².